The average molecular weight is 539 g/mol. The zero-order valence-electron chi connectivity index (χ0n) is 18.3. The summed E-state index contributed by atoms with van der Waals surface area (Å²) in [6.07, 6.45) is 3.41. The first kappa shape index (κ1) is 28.9. The van der Waals surface area contributed by atoms with Crippen molar-refractivity contribution < 1.29 is 57.0 Å². The zero-order valence-corrected chi connectivity index (χ0v) is 23.3. The van der Waals surface area contributed by atoms with Gasteiger partial charge < -0.3 is 33.6 Å². The molecular weight excluding hydrogens is 510 g/mol. The maximum absolute atomic E-state index is 5.31. The van der Waals surface area contributed by atoms with Crippen LogP contribution in [-0.4, -0.2) is 5.43 Å². The quantitative estimate of drug-likeness (QED) is 0.285. The molecule has 0 spiro atoms. The molecule has 0 saturated carbocycles. The fourth-order valence-corrected chi connectivity index (χ4v) is 2.74. The molecule has 160 valence electrons. The Morgan fingerprint density at radius 2 is 1.07 bits per heavy atom. The second-order valence-electron chi connectivity index (χ2n) is 7.06. The minimum atomic E-state index is 0. The Bertz CT molecular complexity index is 916. The minimum Gasteiger partial charge on any atom is -1.00 e. The Morgan fingerprint density at radius 1 is 0.733 bits per heavy atom. The summed E-state index contributed by atoms with van der Waals surface area (Å²) in [7, 11) is 0. The Balaban J connectivity index is 0.000000452. The number of rotatable bonds is 2. The minimum absolute atomic E-state index is 0. The summed E-state index contributed by atoms with van der Waals surface area (Å²) in [4.78, 5) is 0. The first-order valence-corrected chi connectivity index (χ1v) is 15.5. The molecule has 4 aromatic rings. The summed E-state index contributed by atoms with van der Waals surface area (Å²) in [5.74, 6) is 1.92. The van der Waals surface area contributed by atoms with Crippen LogP contribution < -0.4 is 24.8 Å². The van der Waals surface area contributed by atoms with E-state index in [1.54, 1.807) is 35.9 Å². The van der Waals surface area contributed by atoms with E-state index < -0.39 is 0 Å². The van der Waals surface area contributed by atoms with E-state index in [2.05, 4.69) is 65.1 Å². The molecule has 2 nitrogen and oxygen atoms in total. The van der Waals surface area contributed by atoms with E-state index in [1.807, 2.05) is 24.3 Å². The van der Waals surface area contributed by atoms with Gasteiger partial charge in [-0.15, -0.1) is 11.1 Å². The molecule has 0 unspecified atom stereocenters. The van der Waals surface area contributed by atoms with Crippen LogP contribution in [0.25, 0.3) is 22.6 Å². The van der Waals surface area contributed by atoms with Gasteiger partial charge in [0, 0.05) is 0 Å². The van der Waals surface area contributed by atoms with E-state index in [0.717, 1.165) is 11.5 Å². The van der Waals surface area contributed by atoms with Crippen LogP contribution in [0.2, 0.25) is 13.1 Å². The second kappa shape index (κ2) is 14.1. The van der Waals surface area contributed by atoms with Gasteiger partial charge in [-0.3, -0.25) is 0 Å². The van der Waals surface area contributed by atoms with Crippen LogP contribution in [0.15, 0.2) is 69.9 Å². The predicted octanol–water partition coefficient (Wildman–Crippen LogP) is 1.36. The molecule has 0 radical (unpaired) electrons. The number of furan rings is 2. The van der Waals surface area contributed by atoms with Gasteiger partial charge in [0.2, 0.25) is 0 Å². The monoisotopic (exact) mass is 536 g/mol. The van der Waals surface area contributed by atoms with Gasteiger partial charge in [0.1, 0.15) is 0 Å². The number of hydrogen-bond donors (Lipinski definition) is 0. The maximum atomic E-state index is 5.31. The van der Waals surface area contributed by atoms with Crippen molar-refractivity contribution in [1.82, 2.24) is 0 Å². The summed E-state index contributed by atoms with van der Waals surface area (Å²) >= 11 is 1.74. The molecule has 0 atom stereocenters. The van der Waals surface area contributed by atoms with Crippen molar-refractivity contribution in [2.75, 3.05) is 0 Å². The van der Waals surface area contributed by atoms with Crippen LogP contribution in [0, 0.1) is 27.7 Å². The zero-order chi connectivity index (χ0) is 20.7. The molecule has 0 aliphatic rings. The molecule has 2 heterocycles. The van der Waals surface area contributed by atoms with E-state index in [-0.39, 0.29) is 30.2 Å². The number of hydrogen-bond acceptors (Lipinski definition) is 2. The third kappa shape index (κ3) is 8.23. The van der Waals surface area contributed by atoms with Gasteiger partial charge in [-0.2, -0.15) is 46.5 Å². The largest absolute Gasteiger partial charge is 1.00 e. The summed E-state index contributed by atoms with van der Waals surface area (Å²) in [6.45, 7) is 13.1. The van der Waals surface area contributed by atoms with Crippen LogP contribution in [-0.2, 0) is 23.3 Å². The average Bonchev–Trinajstić information content (AvgIpc) is 3.41. The molecule has 0 aliphatic carbocycles. The molecule has 30 heavy (non-hydrogen) atoms. The Morgan fingerprint density at radius 3 is 1.27 bits per heavy atom. The molecule has 0 fully saturated rings. The molecule has 0 saturated heterocycles. The van der Waals surface area contributed by atoms with E-state index >= 15 is 0 Å². The third-order valence-corrected chi connectivity index (χ3v) is 4.56. The molecule has 2 aromatic heterocycles. The Labute approximate surface area is 208 Å². The Hall–Kier alpha value is -1.06. The second-order valence-corrected chi connectivity index (χ2v) is 16.4. The summed E-state index contributed by atoms with van der Waals surface area (Å²) in [6, 6.07) is 16.2. The van der Waals surface area contributed by atoms with Crippen molar-refractivity contribution in [1.29, 1.82) is 0 Å². The van der Waals surface area contributed by atoms with Gasteiger partial charge in [-0.1, -0.05) is 27.7 Å². The molecule has 0 N–H and O–H groups in total. The Kier molecular flexibility index (Phi) is 13.6. The fraction of sp³-hybridized carbons (Fsp3) is 0.250. The van der Waals surface area contributed by atoms with Crippen molar-refractivity contribution in [2.24, 2.45) is 0 Å². The molecule has 0 bridgehead atoms. The van der Waals surface area contributed by atoms with Crippen LogP contribution in [0.1, 0.15) is 22.3 Å². The van der Waals surface area contributed by atoms with Gasteiger partial charge in [0.25, 0.3) is 0 Å². The van der Waals surface area contributed by atoms with Gasteiger partial charge >= 0.3 is 41.9 Å². The first-order chi connectivity index (χ1) is 13.3. The van der Waals surface area contributed by atoms with Crippen molar-refractivity contribution in [2.45, 2.75) is 40.8 Å². The van der Waals surface area contributed by atoms with Crippen LogP contribution in [0.3, 0.4) is 0 Å². The smallest absolute Gasteiger partial charge is 0.0895 e. The molecule has 0 amide bonds. The van der Waals surface area contributed by atoms with Crippen molar-refractivity contribution in [3.8, 4) is 22.6 Å². The molecule has 4 rings (SSSR count). The van der Waals surface area contributed by atoms with Crippen LogP contribution in [0.5, 0.6) is 0 Å². The topological polar surface area (TPSA) is 26.3 Å². The van der Waals surface area contributed by atoms with Crippen molar-refractivity contribution in [3.05, 3.63) is 83.3 Å². The maximum Gasteiger partial charge on any atom is 0.0895 e. The fourth-order valence-electron chi connectivity index (χ4n) is 2.74. The SMILES string of the molecule is C[Si](C)=[Zr+2].Cc1[cH-]cc(-c2ccco2)c1C.Cc1[cH-]cc(-c2ccco2)c1C.[Cl-].[Cl-]. The first-order valence-electron chi connectivity index (χ1n) is 9.36. The standard InChI is InChI=1S/2C11H11O.C2H6Si.2ClH.Zr/c2*1-8-5-6-10(9(8)2)11-4-3-7-12-11;1-3-2;;;/h2*3-7H,1-2H3;1-2H3;2*1H;/q2*-1;;;;+2/p-2. The van der Waals surface area contributed by atoms with Gasteiger partial charge in [0.05, 0.1) is 24.0 Å². The van der Waals surface area contributed by atoms with Crippen LogP contribution in [0.4, 0.5) is 0 Å². The third-order valence-electron chi connectivity index (χ3n) is 4.56. The van der Waals surface area contributed by atoms with Gasteiger partial charge in [-0.05, 0) is 24.3 Å². The molecule has 6 heteroatoms. The summed E-state index contributed by atoms with van der Waals surface area (Å²) < 4.78 is 10.6. The van der Waals surface area contributed by atoms with E-state index in [4.69, 9.17) is 8.83 Å². The predicted molar refractivity (Wildman–Crippen MR) is 116 cm³/mol. The van der Waals surface area contributed by atoms with Crippen molar-refractivity contribution in [3.63, 3.8) is 0 Å². The van der Waals surface area contributed by atoms with Gasteiger partial charge in [-0.25, -0.2) is 0 Å². The molecule has 0 aliphatic heterocycles. The van der Waals surface area contributed by atoms with Crippen molar-refractivity contribution >= 4 is 5.43 Å². The normalized spacial score (nSPS) is 9.33. The summed E-state index contributed by atoms with van der Waals surface area (Å²) in [5, 5.41) is 0. The van der Waals surface area contributed by atoms with Gasteiger partial charge in [0.15, 0.2) is 0 Å². The number of aryl methyl sites for hydroxylation is 2. The van der Waals surface area contributed by atoms with E-state index in [9.17, 15) is 0 Å². The molecule has 2 aromatic carbocycles. The summed E-state index contributed by atoms with van der Waals surface area (Å²) in [5.41, 5.74) is 7.88. The van der Waals surface area contributed by atoms with E-state index in [1.165, 1.54) is 33.4 Å². The van der Waals surface area contributed by atoms with E-state index in [0.29, 0.717) is 0 Å². The molecular formula is C24H28Cl2O2SiZr-2. The van der Waals surface area contributed by atoms with Crippen LogP contribution >= 0.6 is 0 Å². The number of halogens is 2.